The van der Waals surface area contributed by atoms with Gasteiger partial charge >= 0.3 is 0 Å². The molecule has 0 aromatic carbocycles. The fourth-order valence-corrected chi connectivity index (χ4v) is 1.97. The van der Waals surface area contributed by atoms with Crippen LogP contribution in [0.5, 0.6) is 0 Å². The number of nitrogens with one attached hydrogen (secondary N) is 2. The minimum Gasteiger partial charge on any atom is -0.385 e. The van der Waals surface area contributed by atoms with E-state index in [2.05, 4.69) is 15.7 Å². The van der Waals surface area contributed by atoms with E-state index in [1.165, 1.54) is 6.42 Å². The molecule has 0 unspecified atom stereocenters. The zero-order chi connectivity index (χ0) is 13.9. The Kier molecular flexibility index (Phi) is 7.92. The van der Waals surface area contributed by atoms with Gasteiger partial charge in [-0.3, -0.25) is 10.2 Å². The van der Waals surface area contributed by atoms with Crippen LogP contribution in [0.25, 0.3) is 0 Å². The summed E-state index contributed by atoms with van der Waals surface area (Å²) in [5.41, 5.74) is 2.46. The Morgan fingerprint density at radius 1 is 1.37 bits per heavy atom. The van der Waals surface area contributed by atoms with Crippen LogP contribution in [0.15, 0.2) is 4.99 Å². The number of carbonyl (C=O) groups is 1. The molecule has 0 saturated carbocycles. The standard InChI is InChI=1S/C12H25N5O2/c1-19-9-5-6-14-12(16-13)15-10-11(18)17-7-3-2-4-8-17/h2-10,13H2,1H3,(H2,14,15,16). The molecular weight excluding hydrogens is 246 g/mol. The summed E-state index contributed by atoms with van der Waals surface area (Å²) in [4.78, 5) is 17.9. The first-order valence-corrected chi connectivity index (χ1v) is 6.79. The molecule has 19 heavy (non-hydrogen) atoms. The maximum absolute atomic E-state index is 11.9. The largest absolute Gasteiger partial charge is 0.385 e. The van der Waals surface area contributed by atoms with Gasteiger partial charge in [-0.1, -0.05) is 0 Å². The van der Waals surface area contributed by atoms with Gasteiger partial charge in [-0.05, 0) is 25.7 Å². The first kappa shape index (κ1) is 15.7. The molecule has 0 atom stereocenters. The van der Waals surface area contributed by atoms with E-state index in [4.69, 9.17) is 10.6 Å². The molecule has 7 nitrogen and oxygen atoms in total. The molecule has 1 fully saturated rings. The van der Waals surface area contributed by atoms with Crippen molar-refractivity contribution >= 4 is 11.9 Å². The molecule has 0 bridgehead atoms. The fraction of sp³-hybridized carbons (Fsp3) is 0.833. The van der Waals surface area contributed by atoms with Crippen molar-refractivity contribution in [3.8, 4) is 0 Å². The maximum atomic E-state index is 11.9. The highest BCUT2D eigenvalue weighted by atomic mass is 16.5. The van der Waals surface area contributed by atoms with Crippen LogP contribution in [0.4, 0.5) is 0 Å². The minimum atomic E-state index is 0.0612. The zero-order valence-corrected chi connectivity index (χ0v) is 11.7. The van der Waals surface area contributed by atoms with Crippen LogP contribution < -0.4 is 16.6 Å². The lowest BCUT2D eigenvalue weighted by molar-refractivity contribution is -0.130. The molecule has 1 saturated heterocycles. The number of nitrogens with two attached hydrogens (primary N) is 1. The van der Waals surface area contributed by atoms with Crippen molar-refractivity contribution in [3.63, 3.8) is 0 Å². The van der Waals surface area contributed by atoms with Crippen LogP contribution in [0.1, 0.15) is 25.7 Å². The molecule has 0 aliphatic carbocycles. The lowest BCUT2D eigenvalue weighted by Gasteiger charge is -2.26. The van der Waals surface area contributed by atoms with Gasteiger partial charge in [-0.25, -0.2) is 10.8 Å². The molecule has 0 spiro atoms. The van der Waals surface area contributed by atoms with Gasteiger partial charge in [-0.2, -0.15) is 0 Å². The Labute approximate surface area is 114 Å². The number of rotatable bonds is 6. The molecule has 0 radical (unpaired) electrons. The van der Waals surface area contributed by atoms with Gasteiger partial charge in [0, 0.05) is 33.4 Å². The SMILES string of the molecule is COCCCNC(=NCC(=O)N1CCCCC1)NN. The van der Waals surface area contributed by atoms with Gasteiger partial charge in [0.25, 0.3) is 0 Å². The third-order valence-electron chi connectivity index (χ3n) is 3.04. The number of hydrogen-bond donors (Lipinski definition) is 3. The maximum Gasteiger partial charge on any atom is 0.244 e. The summed E-state index contributed by atoms with van der Waals surface area (Å²) < 4.78 is 4.94. The molecule has 0 aromatic rings. The fourth-order valence-electron chi connectivity index (χ4n) is 1.97. The lowest BCUT2D eigenvalue weighted by atomic mass is 10.1. The average molecular weight is 271 g/mol. The molecule has 1 rings (SSSR count). The van der Waals surface area contributed by atoms with Gasteiger partial charge in [-0.15, -0.1) is 0 Å². The monoisotopic (exact) mass is 271 g/mol. The quantitative estimate of drug-likeness (QED) is 0.198. The lowest BCUT2D eigenvalue weighted by Crippen LogP contribution is -2.43. The normalized spacial score (nSPS) is 16.3. The van der Waals surface area contributed by atoms with Crippen molar-refractivity contribution < 1.29 is 9.53 Å². The number of hydrazine groups is 1. The van der Waals surface area contributed by atoms with Crippen LogP contribution >= 0.6 is 0 Å². The molecule has 7 heteroatoms. The summed E-state index contributed by atoms with van der Waals surface area (Å²) in [6, 6.07) is 0. The third-order valence-corrected chi connectivity index (χ3v) is 3.04. The number of piperidine rings is 1. The highest BCUT2D eigenvalue weighted by Gasteiger charge is 2.15. The van der Waals surface area contributed by atoms with Crippen molar-refractivity contribution in [3.05, 3.63) is 0 Å². The Morgan fingerprint density at radius 2 is 2.11 bits per heavy atom. The van der Waals surface area contributed by atoms with Crippen LogP contribution in [0, 0.1) is 0 Å². The summed E-state index contributed by atoms with van der Waals surface area (Å²) in [6.07, 6.45) is 4.25. The Bertz CT molecular complexity index is 290. The molecule has 1 aliphatic rings. The van der Waals surface area contributed by atoms with Gasteiger partial charge in [0.1, 0.15) is 6.54 Å². The molecule has 4 N–H and O–H groups in total. The second-order valence-corrected chi connectivity index (χ2v) is 4.52. The smallest absolute Gasteiger partial charge is 0.244 e. The second-order valence-electron chi connectivity index (χ2n) is 4.52. The van der Waals surface area contributed by atoms with E-state index in [0.717, 1.165) is 32.4 Å². The van der Waals surface area contributed by atoms with Crippen LogP contribution in [0.2, 0.25) is 0 Å². The summed E-state index contributed by atoms with van der Waals surface area (Å²) in [5.74, 6) is 5.86. The third kappa shape index (κ3) is 6.40. The van der Waals surface area contributed by atoms with Crippen molar-refractivity contribution in [1.82, 2.24) is 15.6 Å². The molecule has 1 heterocycles. The van der Waals surface area contributed by atoms with Gasteiger partial charge in [0.15, 0.2) is 0 Å². The number of ether oxygens (including phenoxy) is 1. The molecular formula is C12H25N5O2. The Balaban J connectivity index is 2.27. The first-order chi connectivity index (χ1) is 9.27. The first-order valence-electron chi connectivity index (χ1n) is 6.79. The van der Waals surface area contributed by atoms with Gasteiger partial charge < -0.3 is 15.0 Å². The summed E-state index contributed by atoms with van der Waals surface area (Å²) in [5, 5.41) is 3.03. The molecule has 110 valence electrons. The number of nitrogens with zero attached hydrogens (tertiary/aromatic N) is 2. The van der Waals surface area contributed by atoms with E-state index in [9.17, 15) is 4.79 Å². The van der Waals surface area contributed by atoms with Crippen molar-refractivity contribution in [1.29, 1.82) is 0 Å². The van der Waals surface area contributed by atoms with E-state index >= 15 is 0 Å². The number of aliphatic imine (C=N–C) groups is 1. The summed E-state index contributed by atoms with van der Waals surface area (Å²) in [6.45, 7) is 3.21. The van der Waals surface area contributed by atoms with E-state index < -0.39 is 0 Å². The van der Waals surface area contributed by atoms with Crippen molar-refractivity contribution in [2.45, 2.75) is 25.7 Å². The van der Waals surface area contributed by atoms with E-state index in [-0.39, 0.29) is 12.5 Å². The van der Waals surface area contributed by atoms with Crippen LogP contribution in [-0.2, 0) is 9.53 Å². The summed E-state index contributed by atoms with van der Waals surface area (Å²) >= 11 is 0. The van der Waals surface area contributed by atoms with E-state index in [0.29, 0.717) is 19.1 Å². The molecule has 1 aliphatic heterocycles. The van der Waals surface area contributed by atoms with E-state index in [1.807, 2.05) is 4.90 Å². The number of methoxy groups -OCH3 is 1. The highest BCUT2D eigenvalue weighted by molar-refractivity contribution is 5.84. The number of carbonyl (C=O) groups excluding carboxylic acids is 1. The highest BCUT2D eigenvalue weighted by Crippen LogP contribution is 2.08. The van der Waals surface area contributed by atoms with Gasteiger partial charge in [0.2, 0.25) is 11.9 Å². The second kappa shape index (κ2) is 9.57. The van der Waals surface area contributed by atoms with Crippen LogP contribution in [-0.4, -0.2) is 56.7 Å². The van der Waals surface area contributed by atoms with Crippen molar-refractivity contribution in [2.75, 3.05) is 39.9 Å². The number of guanidine groups is 1. The zero-order valence-electron chi connectivity index (χ0n) is 11.7. The Hall–Kier alpha value is -1.34. The number of amides is 1. The predicted molar refractivity (Wildman–Crippen MR) is 74.6 cm³/mol. The summed E-state index contributed by atoms with van der Waals surface area (Å²) in [7, 11) is 1.66. The molecule has 0 aromatic heterocycles. The van der Waals surface area contributed by atoms with Crippen LogP contribution in [0.3, 0.4) is 0 Å². The minimum absolute atomic E-state index is 0.0612. The van der Waals surface area contributed by atoms with Crippen molar-refractivity contribution in [2.24, 2.45) is 10.8 Å². The van der Waals surface area contributed by atoms with E-state index in [1.54, 1.807) is 7.11 Å². The topological polar surface area (TPSA) is 92.0 Å². The molecule has 1 amide bonds. The Morgan fingerprint density at radius 3 is 2.74 bits per heavy atom. The number of likely N-dealkylation sites (tertiary alicyclic amines) is 1. The number of hydrogen-bond acceptors (Lipinski definition) is 4. The van der Waals surface area contributed by atoms with Gasteiger partial charge in [0.05, 0.1) is 0 Å². The predicted octanol–water partition coefficient (Wildman–Crippen LogP) is -0.556. The average Bonchev–Trinajstić information content (AvgIpc) is 2.47.